The first-order chi connectivity index (χ1) is 14.9. The molecule has 2 aromatic rings. The Hall–Kier alpha value is -2.21. The lowest BCUT2D eigenvalue weighted by Gasteiger charge is -2.53. The van der Waals surface area contributed by atoms with Gasteiger partial charge in [0.15, 0.2) is 0 Å². The predicted octanol–water partition coefficient (Wildman–Crippen LogP) is 3.60. The van der Waals surface area contributed by atoms with E-state index < -0.39 is 0 Å². The predicted molar refractivity (Wildman–Crippen MR) is 122 cm³/mol. The second-order valence-corrected chi connectivity index (χ2v) is 10.3. The van der Waals surface area contributed by atoms with Crippen molar-refractivity contribution in [1.82, 2.24) is 15.2 Å². The van der Waals surface area contributed by atoms with Crippen LogP contribution in [0, 0.1) is 36.4 Å². The summed E-state index contributed by atoms with van der Waals surface area (Å²) in [5.41, 5.74) is 2.19. The third-order valence-electron chi connectivity index (χ3n) is 7.76. The van der Waals surface area contributed by atoms with Gasteiger partial charge in [0.2, 0.25) is 5.91 Å². The molecule has 5 rings (SSSR count). The van der Waals surface area contributed by atoms with Crippen molar-refractivity contribution in [3.05, 3.63) is 35.8 Å². The summed E-state index contributed by atoms with van der Waals surface area (Å²) in [5, 5.41) is 4.30. The fraction of sp³-hybridized carbons (Fsp3) is 0.600. The van der Waals surface area contributed by atoms with Crippen LogP contribution in [0.15, 0.2) is 24.4 Å². The van der Waals surface area contributed by atoms with Crippen molar-refractivity contribution in [2.75, 3.05) is 38.1 Å². The Morgan fingerprint density at radius 3 is 2.77 bits per heavy atom. The van der Waals surface area contributed by atoms with E-state index in [1.807, 2.05) is 12.1 Å². The molecule has 5 nitrogen and oxygen atoms in total. The quantitative estimate of drug-likeness (QED) is 0.815. The minimum absolute atomic E-state index is 0.0925. The standard InChI is InChI=1S/C25H33FN4O/c1-15-7-19(28-24(31)9-21-17-8-18(21)13-29(3)12-17)14-30(11-15)23-10-22(26)16(2)25-20(23)5-4-6-27-25/h4-6,10,15,17-19,21H,7-9,11-14H2,1-3H3,(H,28,31)/t15-,17?,18?,19+,21?/m0/s1. The second-order valence-electron chi connectivity index (χ2n) is 10.3. The Morgan fingerprint density at radius 1 is 1.23 bits per heavy atom. The molecule has 166 valence electrons. The highest BCUT2D eigenvalue weighted by molar-refractivity contribution is 5.94. The number of carbonyl (C=O) groups is 1. The van der Waals surface area contributed by atoms with Gasteiger partial charge >= 0.3 is 0 Å². The summed E-state index contributed by atoms with van der Waals surface area (Å²) in [6.45, 7) is 7.82. The number of aryl methyl sites for hydroxylation is 1. The summed E-state index contributed by atoms with van der Waals surface area (Å²) >= 11 is 0. The van der Waals surface area contributed by atoms with Crippen LogP contribution < -0.4 is 10.2 Å². The smallest absolute Gasteiger partial charge is 0.220 e. The number of pyridine rings is 1. The Kier molecular flexibility index (Phi) is 5.37. The maximum absolute atomic E-state index is 14.7. The largest absolute Gasteiger partial charge is 0.369 e. The fourth-order valence-corrected chi connectivity index (χ4v) is 6.30. The maximum atomic E-state index is 14.7. The summed E-state index contributed by atoms with van der Waals surface area (Å²) in [5.74, 6) is 2.31. The van der Waals surface area contributed by atoms with Gasteiger partial charge in [-0.15, -0.1) is 0 Å². The summed E-state index contributed by atoms with van der Waals surface area (Å²) in [6, 6.07) is 5.66. The fourth-order valence-electron chi connectivity index (χ4n) is 6.30. The molecule has 31 heavy (non-hydrogen) atoms. The Morgan fingerprint density at radius 2 is 2.00 bits per heavy atom. The average molecular weight is 425 g/mol. The molecule has 0 spiro atoms. The summed E-state index contributed by atoms with van der Waals surface area (Å²) in [6.07, 6.45) is 4.62. The maximum Gasteiger partial charge on any atom is 0.220 e. The number of carbonyl (C=O) groups excluding carboxylic acids is 1. The highest BCUT2D eigenvalue weighted by Crippen LogP contribution is 2.46. The van der Waals surface area contributed by atoms with Crippen molar-refractivity contribution in [1.29, 1.82) is 0 Å². The monoisotopic (exact) mass is 424 g/mol. The molecule has 4 atom stereocenters. The lowest BCUT2D eigenvalue weighted by atomic mass is 9.60. The van der Waals surface area contributed by atoms with Crippen LogP contribution in [0.5, 0.6) is 0 Å². The van der Waals surface area contributed by atoms with Crippen LogP contribution in [0.4, 0.5) is 10.1 Å². The lowest BCUT2D eigenvalue weighted by molar-refractivity contribution is -0.128. The van der Waals surface area contributed by atoms with Gasteiger partial charge < -0.3 is 15.1 Å². The van der Waals surface area contributed by atoms with E-state index in [1.54, 1.807) is 19.2 Å². The van der Waals surface area contributed by atoms with E-state index in [0.717, 1.165) is 42.6 Å². The molecule has 2 unspecified atom stereocenters. The highest BCUT2D eigenvalue weighted by atomic mass is 19.1. The number of nitrogens with zero attached hydrogens (tertiary/aromatic N) is 3. The van der Waals surface area contributed by atoms with Crippen LogP contribution in [-0.2, 0) is 4.79 Å². The van der Waals surface area contributed by atoms with Gasteiger partial charge in [0, 0.05) is 61.5 Å². The number of hydrogen-bond acceptors (Lipinski definition) is 4. The number of nitrogens with one attached hydrogen (secondary N) is 1. The van der Waals surface area contributed by atoms with E-state index in [0.29, 0.717) is 42.2 Å². The van der Waals surface area contributed by atoms with Gasteiger partial charge in [-0.05, 0) is 68.7 Å². The van der Waals surface area contributed by atoms with Gasteiger partial charge in [-0.2, -0.15) is 0 Å². The molecule has 1 amide bonds. The number of hydrogen-bond donors (Lipinski definition) is 1. The molecule has 1 aromatic carbocycles. The average Bonchev–Trinajstić information content (AvgIpc) is 2.74. The zero-order valence-corrected chi connectivity index (χ0v) is 18.8. The minimum atomic E-state index is -0.221. The van der Waals surface area contributed by atoms with E-state index in [-0.39, 0.29) is 17.8 Å². The molecule has 1 N–H and O–H groups in total. The van der Waals surface area contributed by atoms with Crippen LogP contribution in [0.1, 0.15) is 31.7 Å². The van der Waals surface area contributed by atoms with Crippen molar-refractivity contribution < 1.29 is 9.18 Å². The summed E-state index contributed by atoms with van der Waals surface area (Å²) in [4.78, 5) is 21.9. The summed E-state index contributed by atoms with van der Waals surface area (Å²) in [7, 11) is 2.18. The van der Waals surface area contributed by atoms with Gasteiger partial charge in [0.1, 0.15) is 5.82 Å². The van der Waals surface area contributed by atoms with E-state index in [1.165, 1.54) is 6.42 Å². The third-order valence-corrected chi connectivity index (χ3v) is 7.76. The number of fused-ring (bicyclic) bond motifs is 3. The van der Waals surface area contributed by atoms with Gasteiger partial charge in [0.25, 0.3) is 0 Å². The summed E-state index contributed by atoms with van der Waals surface area (Å²) < 4.78 is 14.7. The van der Waals surface area contributed by atoms with E-state index >= 15 is 0 Å². The number of rotatable bonds is 4. The minimum Gasteiger partial charge on any atom is -0.369 e. The molecular weight excluding hydrogens is 391 g/mol. The van der Waals surface area contributed by atoms with Crippen molar-refractivity contribution in [3.8, 4) is 0 Å². The van der Waals surface area contributed by atoms with Crippen molar-refractivity contribution in [2.24, 2.45) is 23.7 Å². The molecule has 3 aliphatic rings. The molecule has 2 saturated heterocycles. The van der Waals surface area contributed by atoms with Crippen molar-refractivity contribution in [2.45, 2.75) is 39.2 Å². The Labute approximate surface area is 184 Å². The zero-order valence-electron chi connectivity index (χ0n) is 18.8. The Bertz CT molecular complexity index is 983. The molecule has 3 heterocycles. The topological polar surface area (TPSA) is 48.5 Å². The first-order valence-corrected chi connectivity index (χ1v) is 11.7. The molecule has 1 aromatic heterocycles. The molecule has 2 bridgehead atoms. The number of piperidine rings is 3. The van der Waals surface area contributed by atoms with Crippen LogP contribution in [0.3, 0.4) is 0 Å². The van der Waals surface area contributed by atoms with Gasteiger partial charge in [-0.3, -0.25) is 9.78 Å². The second kappa shape index (κ2) is 8.05. The SMILES string of the molecule is Cc1c(F)cc(N2C[C@@H](C)C[C@@H](NC(=O)CC3C4CC3CN(C)C4)C2)c2cccnc12. The van der Waals surface area contributed by atoms with Crippen LogP contribution >= 0.6 is 0 Å². The molecule has 6 heteroatoms. The lowest BCUT2D eigenvalue weighted by Crippen LogP contribution is -2.56. The number of halogens is 1. The van der Waals surface area contributed by atoms with Crippen LogP contribution in [-0.4, -0.2) is 55.1 Å². The van der Waals surface area contributed by atoms with Gasteiger partial charge in [-0.25, -0.2) is 4.39 Å². The number of likely N-dealkylation sites (tertiary alicyclic amines) is 1. The van der Waals surface area contributed by atoms with Crippen molar-refractivity contribution >= 4 is 22.5 Å². The molecule has 3 fully saturated rings. The van der Waals surface area contributed by atoms with Crippen LogP contribution in [0.25, 0.3) is 10.9 Å². The number of anilines is 1. The Balaban J connectivity index is 1.29. The van der Waals surface area contributed by atoms with Gasteiger partial charge in [0.05, 0.1) is 5.52 Å². The molecule has 2 aliphatic heterocycles. The van der Waals surface area contributed by atoms with E-state index in [9.17, 15) is 9.18 Å². The first kappa shape index (κ1) is 20.7. The molecule has 1 aliphatic carbocycles. The number of benzene rings is 1. The highest BCUT2D eigenvalue weighted by Gasteiger charge is 2.46. The molecular formula is C25H33FN4O. The molecule has 1 saturated carbocycles. The van der Waals surface area contributed by atoms with Crippen molar-refractivity contribution in [3.63, 3.8) is 0 Å². The third kappa shape index (κ3) is 3.91. The van der Waals surface area contributed by atoms with E-state index in [4.69, 9.17) is 0 Å². The first-order valence-electron chi connectivity index (χ1n) is 11.7. The zero-order chi connectivity index (χ0) is 21.7. The number of aromatic nitrogens is 1. The van der Waals surface area contributed by atoms with E-state index in [2.05, 4.69) is 34.1 Å². The normalized spacial score (nSPS) is 30.8. The molecule has 0 radical (unpaired) electrons. The van der Waals surface area contributed by atoms with Crippen LogP contribution in [0.2, 0.25) is 0 Å². The number of amides is 1. The van der Waals surface area contributed by atoms with Gasteiger partial charge in [-0.1, -0.05) is 6.92 Å².